The number of likely N-dealkylation sites (tertiary alicyclic amines) is 1. The molecule has 0 bridgehead atoms. The molecule has 2 aromatic rings. The Balaban J connectivity index is 1.67. The third-order valence-corrected chi connectivity index (χ3v) is 4.30. The summed E-state index contributed by atoms with van der Waals surface area (Å²) in [6, 6.07) is 9.61. The predicted octanol–water partition coefficient (Wildman–Crippen LogP) is 1.92. The summed E-state index contributed by atoms with van der Waals surface area (Å²) in [4.78, 5) is 26.0. The van der Waals surface area contributed by atoms with E-state index < -0.39 is 0 Å². The van der Waals surface area contributed by atoms with Gasteiger partial charge >= 0.3 is 0 Å². The van der Waals surface area contributed by atoms with Crippen molar-refractivity contribution in [2.75, 3.05) is 13.1 Å². The number of benzene rings is 1. The maximum absolute atomic E-state index is 12.5. The number of aromatic nitrogens is 2. The third-order valence-electron chi connectivity index (χ3n) is 4.30. The summed E-state index contributed by atoms with van der Waals surface area (Å²) in [6.45, 7) is 5.13. The molecule has 3 rings (SSSR count). The van der Waals surface area contributed by atoms with Crippen LogP contribution in [0.4, 0.5) is 0 Å². The van der Waals surface area contributed by atoms with Gasteiger partial charge < -0.3 is 10.2 Å². The first-order valence-electron chi connectivity index (χ1n) is 8.25. The maximum atomic E-state index is 12.5. The van der Waals surface area contributed by atoms with Crippen molar-refractivity contribution in [1.29, 1.82) is 0 Å². The molecule has 0 unspecified atom stereocenters. The summed E-state index contributed by atoms with van der Waals surface area (Å²) in [5.41, 5.74) is 2.27. The van der Waals surface area contributed by atoms with E-state index >= 15 is 0 Å². The Morgan fingerprint density at radius 1 is 1.33 bits per heavy atom. The molecule has 6 heteroatoms. The van der Waals surface area contributed by atoms with Crippen LogP contribution >= 0.6 is 0 Å². The molecule has 1 N–H and O–H groups in total. The van der Waals surface area contributed by atoms with Gasteiger partial charge in [0, 0.05) is 25.6 Å². The average molecular weight is 326 g/mol. The van der Waals surface area contributed by atoms with E-state index in [9.17, 15) is 9.59 Å². The Bertz CT molecular complexity index is 739. The van der Waals surface area contributed by atoms with Crippen LogP contribution in [-0.2, 0) is 4.79 Å². The second-order valence-electron chi connectivity index (χ2n) is 6.21. The molecule has 1 fully saturated rings. The summed E-state index contributed by atoms with van der Waals surface area (Å²) in [7, 11) is 0. The fraction of sp³-hybridized carbons (Fsp3) is 0.389. The maximum Gasteiger partial charge on any atom is 0.255 e. The molecule has 24 heavy (non-hydrogen) atoms. The number of carbonyl (C=O) groups is 2. The molecule has 1 aromatic carbocycles. The summed E-state index contributed by atoms with van der Waals surface area (Å²) in [5.74, 6) is 0.0120. The van der Waals surface area contributed by atoms with Crippen molar-refractivity contribution in [1.82, 2.24) is 20.0 Å². The Morgan fingerprint density at radius 3 is 2.75 bits per heavy atom. The normalized spacial score (nSPS) is 15.6. The van der Waals surface area contributed by atoms with E-state index in [1.165, 1.54) is 0 Å². The van der Waals surface area contributed by atoms with Crippen molar-refractivity contribution < 1.29 is 9.59 Å². The molecule has 0 saturated carbocycles. The molecule has 1 aliphatic rings. The second kappa shape index (κ2) is 6.86. The highest BCUT2D eigenvalue weighted by molar-refractivity contribution is 5.95. The molecule has 1 saturated heterocycles. The van der Waals surface area contributed by atoms with Gasteiger partial charge in [0.25, 0.3) is 5.91 Å². The van der Waals surface area contributed by atoms with Crippen LogP contribution < -0.4 is 5.32 Å². The zero-order valence-electron chi connectivity index (χ0n) is 14.0. The van der Waals surface area contributed by atoms with Crippen molar-refractivity contribution >= 4 is 11.8 Å². The topological polar surface area (TPSA) is 67.2 Å². The van der Waals surface area contributed by atoms with Crippen molar-refractivity contribution in [2.24, 2.45) is 0 Å². The molecule has 0 aliphatic carbocycles. The lowest BCUT2D eigenvalue weighted by Crippen LogP contribution is -2.42. The lowest BCUT2D eigenvalue weighted by Gasteiger charge is -2.21. The zero-order chi connectivity index (χ0) is 17.1. The molecule has 2 amide bonds. The number of para-hydroxylation sites is 1. The number of hydrogen-bond donors (Lipinski definition) is 1. The van der Waals surface area contributed by atoms with Crippen molar-refractivity contribution in [2.45, 2.75) is 32.7 Å². The van der Waals surface area contributed by atoms with Crippen LogP contribution in [0.5, 0.6) is 0 Å². The SMILES string of the molecule is Cc1c(C(=O)N[C@@H](C)CN2CCCC2=O)cnn1-c1ccccc1. The second-order valence-corrected chi connectivity index (χ2v) is 6.21. The number of nitrogens with zero attached hydrogens (tertiary/aromatic N) is 3. The minimum atomic E-state index is -0.158. The molecule has 126 valence electrons. The standard InChI is InChI=1S/C18H22N4O2/c1-13(12-21-10-6-9-17(21)23)20-18(24)16-11-19-22(14(16)2)15-7-4-3-5-8-15/h3-5,7-8,11,13H,6,9-10,12H2,1-2H3,(H,20,24)/t13-/m0/s1. The molecule has 2 heterocycles. The Morgan fingerprint density at radius 2 is 2.08 bits per heavy atom. The van der Waals surface area contributed by atoms with E-state index in [1.54, 1.807) is 10.9 Å². The fourth-order valence-electron chi connectivity index (χ4n) is 3.04. The first-order chi connectivity index (χ1) is 11.6. The van der Waals surface area contributed by atoms with E-state index in [0.29, 0.717) is 18.5 Å². The zero-order valence-corrected chi connectivity index (χ0v) is 14.0. The Kier molecular flexibility index (Phi) is 4.64. The molecule has 0 spiro atoms. The third kappa shape index (κ3) is 3.32. The first kappa shape index (κ1) is 16.2. The van der Waals surface area contributed by atoms with Crippen LogP contribution in [0.3, 0.4) is 0 Å². The average Bonchev–Trinajstić information content (AvgIpc) is 3.14. The van der Waals surface area contributed by atoms with Gasteiger partial charge in [-0.15, -0.1) is 0 Å². The van der Waals surface area contributed by atoms with Crippen molar-refractivity contribution in [3.63, 3.8) is 0 Å². The number of rotatable bonds is 5. The predicted molar refractivity (Wildman–Crippen MR) is 91.0 cm³/mol. The molecule has 1 aromatic heterocycles. The van der Waals surface area contributed by atoms with Gasteiger partial charge in [0.2, 0.25) is 5.91 Å². The van der Waals surface area contributed by atoms with Gasteiger partial charge in [-0.2, -0.15) is 5.10 Å². The summed E-state index contributed by atoms with van der Waals surface area (Å²) < 4.78 is 1.75. The summed E-state index contributed by atoms with van der Waals surface area (Å²) >= 11 is 0. The van der Waals surface area contributed by atoms with E-state index in [1.807, 2.05) is 49.1 Å². The number of nitrogens with one attached hydrogen (secondary N) is 1. The highest BCUT2D eigenvalue weighted by Gasteiger charge is 2.23. The quantitative estimate of drug-likeness (QED) is 0.913. The summed E-state index contributed by atoms with van der Waals surface area (Å²) in [6.07, 6.45) is 3.11. The largest absolute Gasteiger partial charge is 0.348 e. The van der Waals surface area contributed by atoms with Crippen LogP contribution in [0.2, 0.25) is 0 Å². The Labute approximate surface area is 141 Å². The molecule has 1 atom stereocenters. The van der Waals surface area contributed by atoms with Gasteiger partial charge in [-0.25, -0.2) is 4.68 Å². The smallest absolute Gasteiger partial charge is 0.255 e. The minimum Gasteiger partial charge on any atom is -0.348 e. The van der Waals surface area contributed by atoms with Gasteiger partial charge in [0.05, 0.1) is 23.1 Å². The van der Waals surface area contributed by atoms with Crippen LogP contribution in [-0.4, -0.2) is 45.6 Å². The monoisotopic (exact) mass is 326 g/mol. The van der Waals surface area contributed by atoms with Gasteiger partial charge in [-0.3, -0.25) is 9.59 Å². The van der Waals surface area contributed by atoms with Crippen molar-refractivity contribution in [3.05, 3.63) is 47.8 Å². The Hall–Kier alpha value is -2.63. The van der Waals surface area contributed by atoms with E-state index in [-0.39, 0.29) is 17.9 Å². The number of hydrogen-bond acceptors (Lipinski definition) is 3. The van der Waals surface area contributed by atoms with Gasteiger partial charge in [-0.1, -0.05) is 18.2 Å². The van der Waals surface area contributed by atoms with E-state index in [4.69, 9.17) is 0 Å². The number of amides is 2. The van der Waals surface area contributed by atoms with Crippen molar-refractivity contribution in [3.8, 4) is 5.69 Å². The highest BCUT2D eigenvalue weighted by Crippen LogP contribution is 2.14. The van der Waals surface area contributed by atoms with Gasteiger partial charge in [0.1, 0.15) is 0 Å². The summed E-state index contributed by atoms with van der Waals surface area (Å²) in [5, 5.41) is 7.28. The van der Waals surface area contributed by atoms with Crippen LogP contribution in [0.1, 0.15) is 35.8 Å². The molecular formula is C18H22N4O2. The molecule has 1 aliphatic heterocycles. The van der Waals surface area contributed by atoms with Crippen LogP contribution in [0.15, 0.2) is 36.5 Å². The van der Waals surface area contributed by atoms with Gasteiger partial charge in [-0.05, 0) is 32.4 Å². The first-order valence-corrected chi connectivity index (χ1v) is 8.25. The molecule has 6 nitrogen and oxygen atoms in total. The fourth-order valence-corrected chi connectivity index (χ4v) is 3.04. The lowest BCUT2D eigenvalue weighted by molar-refractivity contribution is -0.127. The number of carbonyl (C=O) groups excluding carboxylic acids is 2. The van der Waals surface area contributed by atoms with Crippen LogP contribution in [0.25, 0.3) is 5.69 Å². The van der Waals surface area contributed by atoms with E-state index in [0.717, 1.165) is 24.3 Å². The van der Waals surface area contributed by atoms with Crippen LogP contribution in [0, 0.1) is 6.92 Å². The molecular weight excluding hydrogens is 304 g/mol. The lowest BCUT2D eigenvalue weighted by atomic mass is 10.2. The highest BCUT2D eigenvalue weighted by atomic mass is 16.2. The van der Waals surface area contributed by atoms with Gasteiger partial charge in [0.15, 0.2) is 0 Å². The minimum absolute atomic E-state index is 0.0981. The molecule has 0 radical (unpaired) electrons. The van der Waals surface area contributed by atoms with E-state index in [2.05, 4.69) is 10.4 Å².